The molecule has 1 aliphatic carbocycles. The minimum Gasteiger partial charge on any atom is -0.309 e. The Morgan fingerprint density at radius 2 is 0.956 bits per heavy atom. The van der Waals surface area contributed by atoms with E-state index in [2.05, 4.69) is 211 Å². The monoisotopic (exact) mass is 886 g/mol. The molecule has 2 atom stereocenters. The number of allylic oxidation sites excluding steroid dienone is 3. The molecule has 4 nitrogen and oxygen atoms in total. The quantitative estimate of drug-likeness (QED) is 0.152. The molecular formula is C63H42N4S. The summed E-state index contributed by atoms with van der Waals surface area (Å²) in [4.78, 5) is 17.3. The van der Waals surface area contributed by atoms with Gasteiger partial charge >= 0.3 is 0 Å². The zero-order valence-corrected chi connectivity index (χ0v) is 37.8. The fraction of sp³-hybridized carbons (Fsp3) is 0.0317. The van der Waals surface area contributed by atoms with Crippen LogP contribution in [0.4, 0.5) is 0 Å². The van der Waals surface area contributed by atoms with Crippen molar-refractivity contribution in [3.8, 4) is 73.2 Å². The number of benzene rings is 9. The lowest BCUT2D eigenvalue weighted by atomic mass is 9.78. The molecule has 0 spiro atoms. The Hall–Kier alpha value is -8.38. The standard InChI is InChI=1S/C63H42N4S/c1-6-19-41(20-7-1)45-33-35-48(42-21-8-2-9-22-42)53(39-45)46-34-36-49(54(40-46)63-65-61(43-23-10-3-11-24-43)64-62(66-63)44-25-12-4-13-26-44)51-30-18-32-56-58(51)59-57(68-56)38-37-52-50-29-16-17-31-55(50)67(60(52)59)47-27-14-5-15-28-47/h1-40,56,58H. The van der Waals surface area contributed by atoms with Crippen molar-refractivity contribution in [1.29, 1.82) is 0 Å². The van der Waals surface area contributed by atoms with Gasteiger partial charge in [0.25, 0.3) is 0 Å². The second-order valence-electron chi connectivity index (χ2n) is 17.4. The van der Waals surface area contributed by atoms with Gasteiger partial charge in [-0.05, 0) is 86.5 Å². The van der Waals surface area contributed by atoms with Gasteiger partial charge < -0.3 is 4.57 Å². The second-order valence-corrected chi connectivity index (χ2v) is 18.6. The number of thioether (sulfide) groups is 1. The molecule has 68 heavy (non-hydrogen) atoms. The summed E-state index contributed by atoms with van der Waals surface area (Å²) in [5.74, 6) is 1.94. The molecule has 11 aromatic rings. The van der Waals surface area contributed by atoms with E-state index in [1.54, 1.807) is 0 Å². The molecule has 0 bridgehead atoms. The summed E-state index contributed by atoms with van der Waals surface area (Å²) in [6.07, 6.45) is 6.98. The molecule has 9 aromatic carbocycles. The highest BCUT2D eigenvalue weighted by atomic mass is 32.2. The van der Waals surface area contributed by atoms with Crippen molar-refractivity contribution in [2.45, 2.75) is 16.1 Å². The zero-order valence-electron chi connectivity index (χ0n) is 36.9. The van der Waals surface area contributed by atoms with Crippen LogP contribution >= 0.6 is 11.8 Å². The normalized spacial score (nSPS) is 15.0. The number of para-hydroxylation sites is 2. The molecular weight excluding hydrogens is 845 g/mol. The van der Waals surface area contributed by atoms with Crippen LogP contribution in [0.3, 0.4) is 0 Å². The van der Waals surface area contributed by atoms with Crippen molar-refractivity contribution in [1.82, 2.24) is 19.5 Å². The molecule has 320 valence electrons. The first-order chi connectivity index (χ1) is 33.7. The molecule has 3 heterocycles. The highest BCUT2D eigenvalue weighted by molar-refractivity contribution is 8.00. The van der Waals surface area contributed by atoms with Crippen molar-refractivity contribution >= 4 is 39.1 Å². The Labute approximate surface area is 399 Å². The lowest BCUT2D eigenvalue weighted by Gasteiger charge is -2.27. The average Bonchev–Trinajstić information content (AvgIpc) is 3.98. The zero-order chi connectivity index (χ0) is 45.0. The van der Waals surface area contributed by atoms with Gasteiger partial charge in [0.15, 0.2) is 17.5 Å². The molecule has 13 rings (SSSR count). The molecule has 0 saturated heterocycles. The molecule has 0 saturated carbocycles. The summed E-state index contributed by atoms with van der Waals surface area (Å²) in [6.45, 7) is 0. The lowest BCUT2D eigenvalue weighted by Crippen LogP contribution is -2.15. The molecule has 1 aliphatic heterocycles. The van der Waals surface area contributed by atoms with Crippen molar-refractivity contribution in [3.63, 3.8) is 0 Å². The first-order valence-corrected chi connectivity index (χ1v) is 24.0. The van der Waals surface area contributed by atoms with Crippen LogP contribution in [-0.2, 0) is 0 Å². The highest BCUT2D eigenvalue weighted by Crippen LogP contribution is 2.57. The van der Waals surface area contributed by atoms with E-state index >= 15 is 0 Å². The van der Waals surface area contributed by atoms with Crippen LogP contribution in [0.1, 0.15) is 17.0 Å². The third-order valence-corrected chi connectivity index (χ3v) is 14.8. The van der Waals surface area contributed by atoms with E-state index in [-0.39, 0.29) is 11.2 Å². The predicted octanol–water partition coefficient (Wildman–Crippen LogP) is 16.2. The van der Waals surface area contributed by atoms with Crippen LogP contribution < -0.4 is 0 Å². The molecule has 0 radical (unpaired) electrons. The number of rotatable bonds is 8. The Morgan fingerprint density at radius 1 is 0.397 bits per heavy atom. The largest absolute Gasteiger partial charge is 0.309 e. The Bertz CT molecular complexity index is 3690. The molecule has 0 amide bonds. The topological polar surface area (TPSA) is 43.6 Å². The van der Waals surface area contributed by atoms with Crippen LogP contribution in [0.25, 0.3) is 101 Å². The molecule has 0 fully saturated rings. The fourth-order valence-corrected chi connectivity index (χ4v) is 11.7. The Morgan fingerprint density at radius 3 is 1.65 bits per heavy atom. The molecule has 2 aliphatic rings. The van der Waals surface area contributed by atoms with Gasteiger partial charge in [-0.1, -0.05) is 206 Å². The van der Waals surface area contributed by atoms with Crippen LogP contribution in [0, 0.1) is 0 Å². The second kappa shape index (κ2) is 16.8. The lowest BCUT2D eigenvalue weighted by molar-refractivity contribution is 0.903. The molecule has 5 heteroatoms. The van der Waals surface area contributed by atoms with Gasteiger partial charge in [-0.25, -0.2) is 15.0 Å². The Balaban J connectivity index is 1.08. The molecule has 2 unspecified atom stereocenters. The summed E-state index contributed by atoms with van der Waals surface area (Å²) >= 11 is 1.97. The minimum absolute atomic E-state index is 0.0467. The van der Waals surface area contributed by atoms with Crippen molar-refractivity contribution in [3.05, 3.63) is 254 Å². The Kier molecular flexibility index (Phi) is 9.87. The van der Waals surface area contributed by atoms with Crippen LogP contribution in [-0.4, -0.2) is 24.8 Å². The van der Waals surface area contributed by atoms with Gasteiger partial charge in [-0.15, -0.1) is 11.8 Å². The highest BCUT2D eigenvalue weighted by Gasteiger charge is 2.40. The van der Waals surface area contributed by atoms with Gasteiger partial charge in [0.1, 0.15) is 0 Å². The number of aromatic nitrogens is 4. The van der Waals surface area contributed by atoms with E-state index in [1.165, 1.54) is 43.4 Å². The SMILES string of the molecule is C1=CC2Sc3ccc4c5ccccc5n(-c5ccccc5)c4c3C2C(c2ccc(-c3cc(-c4ccccc4)ccc3-c3ccccc3)cc2-c2nc(-c3ccccc3)nc(-c3ccccc3)n2)=C1. The predicted molar refractivity (Wildman–Crippen MR) is 283 cm³/mol. The number of hydrogen-bond acceptors (Lipinski definition) is 4. The molecule has 0 N–H and O–H groups in total. The first kappa shape index (κ1) is 39.9. The van der Waals surface area contributed by atoms with Crippen LogP contribution in [0.2, 0.25) is 0 Å². The first-order valence-electron chi connectivity index (χ1n) is 23.2. The van der Waals surface area contributed by atoms with Gasteiger partial charge in [-0.2, -0.15) is 0 Å². The third kappa shape index (κ3) is 6.90. The number of hydrogen-bond donors (Lipinski definition) is 0. The summed E-state index contributed by atoms with van der Waals surface area (Å²) in [6, 6.07) is 80.1. The van der Waals surface area contributed by atoms with Gasteiger partial charge in [-0.3, -0.25) is 0 Å². The summed E-state index contributed by atoms with van der Waals surface area (Å²) in [5.41, 5.74) is 17.0. The van der Waals surface area contributed by atoms with Crippen molar-refractivity contribution < 1.29 is 0 Å². The number of fused-ring (bicyclic) bond motifs is 7. The van der Waals surface area contributed by atoms with E-state index in [9.17, 15) is 0 Å². The van der Waals surface area contributed by atoms with E-state index < -0.39 is 0 Å². The summed E-state index contributed by atoms with van der Waals surface area (Å²) < 4.78 is 2.49. The average molecular weight is 887 g/mol. The van der Waals surface area contributed by atoms with Crippen molar-refractivity contribution in [2.24, 2.45) is 0 Å². The minimum atomic E-state index is 0.0467. The van der Waals surface area contributed by atoms with Gasteiger partial charge in [0.2, 0.25) is 0 Å². The fourth-order valence-electron chi connectivity index (χ4n) is 10.3. The summed E-state index contributed by atoms with van der Waals surface area (Å²) in [7, 11) is 0. The number of nitrogens with zero attached hydrogens (tertiary/aromatic N) is 4. The van der Waals surface area contributed by atoms with E-state index in [0.29, 0.717) is 17.5 Å². The third-order valence-electron chi connectivity index (χ3n) is 13.5. The van der Waals surface area contributed by atoms with Crippen LogP contribution in [0.5, 0.6) is 0 Å². The van der Waals surface area contributed by atoms with Crippen molar-refractivity contribution in [2.75, 3.05) is 0 Å². The smallest absolute Gasteiger partial charge is 0.164 e. The van der Waals surface area contributed by atoms with Gasteiger partial charge in [0, 0.05) is 49.2 Å². The maximum absolute atomic E-state index is 5.42. The van der Waals surface area contributed by atoms with Crippen LogP contribution in [0.15, 0.2) is 248 Å². The van der Waals surface area contributed by atoms with E-state index in [4.69, 9.17) is 15.0 Å². The summed E-state index contributed by atoms with van der Waals surface area (Å²) in [5, 5.41) is 2.71. The molecule has 2 aromatic heterocycles. The van der Waals surface area contributed by atoms with Gasteiger partial charge in [0.05, 0.1) is 11.0 Å². The van der Waals surface area contributed by atoms with E-state index in [1.807, 2.05) is 48.2 Å². The maximum atomic E-state index is 5.42. The van der Waals surface area contributed by atoms with E-state index in [0.717, 1.165) is 55.8 Å². The maximum Gasteiger partial charge on any atom is 0.164 e.